The van der Waals surface area contributed by atoms with E-state index in [1.165, 1.54) is 85.9 Å². The van der Waals surface area contributed by atoms with Crippen molar-refractivity contribution in [2.75, 3.05) is 4.90 Å². The summed E-state index contributed by atoms with van der Waals surface area (Å²) in [6.07, 6.45) is 0. The SMILES string of the molecule is c1ccc(-c2c(-c3ccccc3)c3cc(-c4ccccc4N(c4cccc(-c5cccc6c5sc5ccccc56)c4)c4ccc5ccccc5c4)ccc3c3ccccc23)cc1. The first-order valence-corrected chi connectivity index (χ1v) is 22.1. The molecule has 0 saturated carbocycles. The summed E-state index contributed by atoms with van der Waals surface area (Å²) in [4.78, 5) is 2.45. The molecule has 1 heterocycles. The number of fused-ring (bicyclic) bond motifs is 7. The largest absolute Gasteiger partial charge is 0.310 e. The Morgan fingerprint density at radius 3 is 1.68 bits per heavy atom. The third kappa shape index (κ3) is 6.07. The molecular formula is C60H39NS. The fourth-order valence-corrected chi connectivity index (χ4v) is 10.8. The Balaban J connectivity index is 1.10. The zero-order valence-electron chi connectivity index (χ0n) is 33.9. The summed E-state index contributed by atoms with van der Waals surface area (Å²) in [5.74, 6) is 0. The number of anilines is 3. The zero-order chi connectivity index (χ0) is 41.0. The Hall–Kier alpha value is -7.78. The first kappa shape index (κ1) is 36.1. The Morgan fingerprint density at radius 2 is 0.855 bits per heavy atom. The Kier molecular flexibility index (Phi) is 8.76. The second kappa shape index (κ2) is 15.0. The van der Waals surface area contributed by atoms with Gasteiger partial charge in [0.25, 0.3) is 0 Å². The summed E-state index contributed by atoms with van der Waals surface area (Å²) < 4.78 is 2.63. The molecule has 0 unspecified atom stereocenters. The fraction of sp³-hybridized carbons (Fsp3) is 0. The third-order valence-corrected chi connectivity index (χ3v) is 13.6. The Bertz CT molecular complexity index is 3640. The van der Waals surface area contributed by atoms with Crippen LogP contribution in [0.2, 0.25) is 0 Å². The van der Waals surface area contributed by atoms with Crippen molar-refractivity contribution in [1.29, 1.82) is 0 Å². The van der Waals surface area contributed by atoms with Crippen LogP contribution in [0.5, 0.6) is 0 Å². The number of hydrogen-bond acceptors (Lipinski definition) is 2. The quantitative estimate of drug-likeness (QED) is 0.145. The van der Waals surface area contributed by atoms with Crippen LogP contribution in [-0.2, 0) is 0 Å². The average Bonchev–Trinajstić information content (AvgIpc) is 3.73. The van der Waals surface area contributed by atoms with E-state index in [1.54, 1.807) is 0 Å². The van der Waals surface area contributed by atoms with Gasteiger partial charge in [0.2, 0.25) is 0 Å². The van der Waals surface area contributed by atoms with Gasteiger partial charge in [-0.25, -0.2) is 0 Å². The van der Waals surface area contributed by atoms with Gasteiger partial charge in [-0.3, -0.25) is 0 Å². The number of rotatable bonds is 7. The van der Waals surface area contributed by atoms with Crippen molar-refractivity contribution in [2.24, 2.45) is 0 Å². The first-order chi connectivity index (χ1) is 30.8. The minimum absolute atomic E-state index is 1.10. The molecule has 0 amide bonds. The molecule has 11 aromatic carbocycles. The van der Waals surface area contributed by atoms with Gasteiger partial charge in [0.05, 0.1) is 5.69 Å². The van der Waals surface area contributed by atoms with Crippen LogP contribution in [0.15, 0.2) is 237 Å². The van der Waals surface area contributed by atoms with Crippen LogP contribution in [0.1, 0.15) is 0 Å². The summed E-state index contributed by atoms with van der Waals surface area (Å²) in [7, 11) is 0. The van der Waals surface area contributed by atoms with Crippen molar-refractivity contribution in [3.63, 3.8) is 0 Å². The van der Waals surface area contributed by atoms with Crippen LogP contribution in [0.3, 0.4) is 0 Å². The van der Waals surface area contributed by atoms with E-state index < -0.39 is 0 Å². The molecule has 62 heavy (non-hydrogen) atoms. The highest BCUT2D eigenvalue weighted by Crippen LogP contribution is 2.48. The van der Waals surface area contributed by atoms with Gasteiger partial charge < -0.3 is 4.90 Å². The van der Waals surface area contributed by atoms with E-state index in [9.17, 15) is 0 Å². The van der Waals surface area contributed by atoms with Crippen LogP contribution in [0, 0.1) is 0 Å². The maximum absolute atomic E-state index is 2.45. The van der Waals surface area contributed by atoms with Gasteiger partial charge in [-0.1, -0.05) is 194 Å². The maximum Gasteiger partial charge on any atom is 0.0540 e. The predicted octanol–water partition coefficient (Wildman–Crippen LogP) is 17.7. The number of thiophene rings is 1. The first-order valence-electron chi connectivity index (χ1n) is 21.3. The maximum atomic E-state index is 2.45. The van der Waals surface area contributed by atoms with E-state index in [-0.39, 0.29) is 0 Å². The van der Waals surface area contributed by atoms with Crippen LogP contribution < -0.4 is 4.90 Å². The van der Waals surface area contributed by atoms with Gasteiger partial charge >= 0.3 is 0 Å². The second-order valence-electron chi connectivity index (χ2n) is 16.0. The highest BCUT2D eigenvalue weighted by Gasteiger charge is 2.22. The average molecular weight is 806 g/mol. The minimum atomic E-state index is 1.10. The molecule has 0 aliphatic rings. The van der Waals surface area contributed by atoms with Crippen molar-refractivity contribution in [3.05, 3.63) is 237 Å². The molecule has 2 heteroatoms. The van der Waals surface area contributed by atoms with E-state index in [0.717, 1.165) is 28.2 Å². The summed E-state index contributed by atoms with van der Waals surface area (Å²) in [5.41, 5.74) is 13.0. The van der Waals surface area contributed by atoms with Gasteiger partial charge in [0.1, 0.15) is 0 Å². The molecule has 0 radical (unpaired) electrons. The molecule has 12 rings (SSSR count). The van der Waals surface area contributed by atoms with Crippen molar-refractivity contribution in [2.45, 2.75) is 0 Å². The normalized spacial score (nSPS) is 11.5. The van der Waals surface area contributed by atoms with Gasteiger partial charge in [0, 0.05) is 37.1 Å². The van der Waals surface area contributed by atoms with Crippen LogP contribution in [-0.4, -0.2) is 0 Å². The number of benzene rings is 11. The van der Waals surface area contributed by atoms with Crippen LogP contribution >= 0.6 is 11.3 Å². The summed E-state index contributed by atoms with van der Waals surface area (Å²) >= 11 is 1.88. The predicted molar refractivity (Wildman–Crippen MR) is 268 cm³/mol. The standard InChI is InChI=1S/C60H39NS/c1-3-18-41(19-4-1)58-53-28-10-9-26-50(53)51-36-34-45(39-55(51)59(58)42-20-5-2-6-21-42)48-25-11-13-31-56(48)61(47-35-33-40-17-7-8-22-43(40)37-47)46-24-15-23-44(38-46)49-29-16-30-54-52-27-12-14-32-57(52)62-60(49)54/h1-39H. The lowest BCUT2D eigenvalue weighted by Gasteiger charge is -2.29. The lowest BCUT2D eigenvalue weighted by molar-refractivity contribution is 1.29. The molecule has 0 spiro atoms. The lowest BCUT2D eigenvalue weighted by atomic mass is 9.84. The summed E-state index contributed by atoms with van der Waals surface area (Å²) in [6.45, 7) is 0. The van der Waals surface area contributed by atoms with Gasteiger partial charge in [-0.2, -0.15) is 0 Å². The van der Waals surface area contributed by atoms with Gasteiger partial charge in [-0.15, -0.1) is 11.3 Å². The molecular weight excluding hydrogens is 767 g/mol. The van der Waals surface area contributed by atoms with E-state index >= 15 is 0 Å². The fourth-order valence-electron chi connectivity index (χ4n) is 9.61. The van der Waals surface area contributed by atoms with Crippen LogP contribution in [0.25, 0.3) is 97.0 Å². The molecule has 12 aromatic rings. The third-order valence-electron chi connectivity index (χ3n) is 12.4. The summed E-state index contributed by atoms with van der Waals surface area (Å²) in [5, 5.41) is 10.0. The minimum Gasteiger partial charge on any atom is -0.310 e. The highest BCUT2D eigenvalue weighted by molar-refractivity contribution is 7.26. The Morgan fingerprint density at radius 1 is 0.290 bits per heavy atom. The Labute approximate surface area is 365 Å². The van der Waals surface area contributed by atoms with E-state index in [1.807, 2.05) is 11.3 Å². The molecule has 1 aromatic heterocycles. The highest BCUT2D eigenvalue weighted by atomic mass is 32.1. The molecule has 290 valence electrons. The molecule has 0 aliphatic carbocycles. The summed E-state index contributed by atoms with van der Waals surface area (Å²) in [6, 6.07) is 86.8. The van der Waals surface area contributed by atoms with Crippen molar-refractivity contribution >= 4 is 80.9 Å². The topological polar surface area (TPSA) is 3.24 Å². The van der Waals surface area contributed by atoms with E-state index in [4.69, 9.17) is 0 Å². The van der Waals surface area contributed by atoms with Crippen molar-refractivity contribution in [3.8, 4) is 44.5 Å². The monoisotopic (exact) mass is 805 g/mol. The van der Waals surface area contributed by atoms with E-state index in [2.05, 4.69) is 241 Å². The number of nitrogens with zero attached hydrogens (tertiary/aromatic N) is 1. The molecule has 0 bridgehead atoms. The molecule has 0 N–H and O–H groups in total. The zero-order valence-corrected chi connectivity index (χ0v) is 34.7. The van der Waals surface area contributed by atoms with Gasteiger partial charge in [-0.05, 0) is 114 Å². The number of hydrogen-bond donors (Lipinski definition) is 0. The van der Waals surface area contributed by atoms with E-state index in [0.29, 0.717) is 0 Å². The second-order valence-corrected chi connectivity index (χ2v) is 17.1. The lowest BCUT2D eigenvalue weighted by Crippen LogP contribution is -2.11. The molecule has 0 fully saturated rings. The van der Waals surface area contributed by atoms with Crippen molar-refractivity contribution < 1.29 is 0 Å². The molecule has 0 saturated heterocycles. The number of para-hydroxylation sites is 1. The van der Waals surface area contributed by atoms with Crippen LogP contribution in [0.4, 0.5) is 17.1 Å². The smallest absolute Gasteiger partial charge is 0.0540 e. The van der Waals surface area contributed by atoms with Crippen molar-refractivity contribution in [1.82, 2.24) is 0 Å². The van der Waals surface area contributed by atoms with Gasteiger partial charge in [0.15, 0.2) is 0 Å². The molecule has 1 nitrogen and oxygen atoms in total. The molecule has 0 atom stereocenters. The molecule has 0 aliphatic heterocycles.